The molecular weight excluding hydrogens is 350 g/mol. The summed E-state index contributed by atoms with van der Waals surface area (Å²) in [4.78, 5) is 31.2. The van der Waals surface area contributed by atoms with E-state index in [1.54, 1.807) is 10.8 Å². The van der Waals surface area contributed by atoms with Crippen molar-refractivity contribution in [2.24, 2.45) is 0 Å². The van der Waals surface area contributed by atoms with E-state index in [0.29, 0.717) is 12.3 Å². The summed E-state index contributed by atoms with van der Waals surface area (Å²) in [6.07, 6.45) is 7.82. The predicted molar refractivity (Wildman–Crippen MR) is 99.5 cm³/mol. The van der Waals surface area contributed by atoms with E-state index in [1.807, 2.05) is 17.0 Å². The quantitative estimate of drug-likeness (QED) is 0.595. The Balaban J connectivity index is 1.52. The average Bonchev–Trinajstić information content (AvgIpc) is 3.34. The number of nitrogens with zero attached hydrogens (tertiary/aromatic N) is 3. The van der Waals surface area contributed by atoms with Gasteiger partial charge in [0.25, 0.3) is 0 Å². The minimum Gasteiger partial charge on any atom is -0.467 e. The van der Waals surface area contributed by atoms with E-state index in [4.69, 9.17) is 4.42 Å². The highest BCUT2D eigenvalue weighted by Crippen LogP contribution is 2.29. The van der Waals surface area contributed by atoms with E-state index < -0.39 is 0 Å². The Morgan fingerprint density at radius 3 is 2.81 bits per heavy atom. The first-order valence-corrected chi connectivity index (χ1v) is 10.3. The number of hydrogen-bond acceptors (Lipinski definition) is 5. The fourth-order valence-corrected chi connectivity index (χ4v) is 4.77. The number of piperidine rings is 1. The number of carbonyl (C=O) groups is 1. The molecule has 2 aliphatic rings. The number of furan rings is 1. The van der Waals surface area contributed by atoms with Gasteiger partial charge < -0.3 is 9.32 Å². The normalized spacial score (nSPS) is 16.7. The second-order valence-electron chi connectivity index (χ2n) is 6.87. The van der Waals surface area contributed by atoms with Gasteiger partial charge >= 0.3 is 5.69 Å². The van der Waals surface area contributed by atoms with Crippen LogP contribution in [-0.4, -0.2) is 39.2 Å². The monoisotopic (exact) mass is 373 g/mol. The molecule has 2 aromatic heterocycles. The molecular formula is C19H23N3O3S. The van der Waals surface area contributed by atoms with E-state index in [9.17, 15) is 9.59 Å². The molecule has 7 heteroatoms. The molecule has 0 bridgehead atoms. The average molecular weight is 373 g/mol. The van der Waals surface area contributed by atoms with Crippen molar-refractivity contribution in [3.63, 3.8) is 0 Å². The summed E-state index contributed by atoms with van der Waals surface area (Å²) >= 11 is 1.42. The van der Waals surface area contributed by atoms with Crippen molar-refractivity contribution in [3.05, 3.63) is 45.9 Å². The van der Waals surface area contributed by atoms with Crippen molar-refractivity contribution in [1.29, 1.82) is 0 Å². The molecule has 2 aromatic rings. The summed E-state index contributed by atoms with van der Waals surface area (Å²) in [6, 6.07) is 3.69. The van der Waals surface area contributed by atoms with E-state index >= 15 is 0 Å². The molecule has 0 saturated carbocycles. The Morgan fingerprint density at radius 2 is 2.04 bits per heavy atom. The lowest BCUT2D eigenvalue weighted by Gasteiger charge is -2.26. The molecule has 0 aromatic carbocycles. The third-order valence-electron chi connectivity index (χ3n) is 5.14. The smallest absolute Gasteiger partial charge is 0.349 e. The van der Waals surface area contributed by atoms with Crippen LogP contribution in [0.4, 0.5) is 0 Å². The number of rotatable bonds is 5. The number of fused-ring (bicyclic) bond motifs is 1. The van der Waals surface area contributed by atoms with Crippen molar-refractivity contribution < 1.29 is 9.21 Å². The number of thioether (sulfide) groups is 1. The van der Waals surface area contributed by atoms with Crippen molar-refractivity contribution in [3.8, 4) is 0 Å². The molecule has 6 nitrogen and oxygen atoms in total. The summed E-state index contributed by atoms with van der Waals surface area (Å²) in [5, 5.41) is 0.739. The maximum absolute atomic E-state index is 12.6. The Hall–Kier alpha value is -2.02. The molecule has 138 valence electrons. The molecule has 3 heterocycles. The largest absolute Gasteiger partial charge is 0.467 e. The molecule has 26 heavy (non-hydrogen) atoms. The Labute approximate surface area is 156 Å². The maximum Gasteiger partial charge on any atom is 0.349 e. The third kappa shape index (κ3) is 3.58. The van der Waals surface area contributed by atoms with Gasteiger partial charge in [0, 0.05) is 24.3 Å². The van der Waals surface area contributed by atoms with E-state index in [1.165, 1.54) is 18.2 Å². The topological polar surface area (TPSA) is 68.3 Å². The fourth-order valence-electron chi connectivity index (χ4n) is 3.79. The summed E-state index contributed by atoms with van der Waals surface area (Å²) in [6.45, 7) is 2.13. The lowest BCUT2D eigenvalue weighted by Crippen LogP contribution is -2.36. The highest BCUT2D eigenvalue weighted by atomic mass is 32.2. The molecule has 1 saturated heterocycles. The van der Waals surface area contributed by atoms with Crippen LogP contribution in [0.3, 0.4) is 0 Å². The molecule has 1 aliphatic heterocycles. The summed E-state index contributed by atoms with van der Waals surface area (Å²) in [5.74, 6) is 1.27. The van der Waals surface area contributed by atoms with E-state index in [2.05, 4.69) is 4.98 Å². The molecule has 0 spiro atoms. The molecule has 0 atom stereocenters. The van der Waals surface area contributed by atoms with Crippen molar-refractivity contribution in [2.45, 2.75) is 50.1 Å². The lowest BCUT2D eigenvalue weighted by atomic mass is 10.1. The SMILES string of the molecule is O=C(CSc1nc(=O)n(Cc2ccco2)c2c1CCC2)N1CCCCC1. The Morgan fingerprint density at radius 1 is 1.19 bits per heavy atom. The van der Waals surface area contributed by atoms with Gasteiger partial charge in [0.15, 0.2) is 0 Å². The molecule has 0 N–H and O–H groups in total. The number of hydrogen-bond donors (Lipinski definition) is 0. The van der Waals surface area contributed by atoms with Crippen molar-refractivity contribution in [1.82, 2.24) is 14.5 Å². The second kappa shape index (κ2) is 7.70. The summed E-state index contributed by atoms with van der Waals surface area (Å²) in [5.41, 5.74) is 1.93. The molecule has 1 fully saturated rings. The summed E-state index contributed by atoms with van der Waals surface area (Å²) in [7, 11) is 0. The Kier molecular flexibility index (Phi) is 5.15. The Bertz CT molecular complexity index is 838. The number of carbonyl (C=O) groups excluding carboxylic acids is 1. The van der Waals surface area contributed by atoms with Gasteiger partial charge in [-0.15, -0.1) is 0 Å². The van der Waals surface area contributed by atoms with Crippen LogP contribution in [0.5, 0.6) is 0 Å². The van der Waals surface area contributed by atoms with Gasteiger partial charge in [-0.05, 0) is 50.7 Å². The van der Waals surface area contributed by atoms with Crippen molar-refractivity contribution >= 4 is 17.7 Å². The molecule has 4 rings (SSSR count). The lowest BCUT2D eigenvalue weighted by molar-refractivity contribution is -0.129. The summed E-state index contributed by atoms with van der Waals surface area (Å²) < 4.78 is 7.11. The van der Waals surface area contributed by atoms with Gasteiger partial charge in [0.1, 0.15) is 10.8 Å². The highest BCUT2D eigenvalue weighted by Gasteiger charge is 2.24. The van der Waals surface area contributed by atoms with Gasteiger partial charge in [-0.1, -0.05) is 11.8 Å². The molecule has 0 unspecified atom stereocenters. The van der Waals surface area contributed by atoms with Gasteiger partial charge in [0.05, 0.1) is 18.6 Å². The van der Waals surface area contributed by atoms with Crippen LogP contribution in [-0.2, 0) is 24.2 Å². The fraction of sp³-hybridized carbons (Fsp3) is 0.526. The van der Waals surface area contributed by atoms with Crippen LogP contribution in [0, 0.1) is 0 Å². The standard InChI is InChI=1S/C19H23N3O3S/c23-17(21-9-2-1-3-10-21)13-26-18-15-7-4-8-16(15)22(19(24)20-18)12-14-6-5-11-25-14/h5-6,11H,1-4,7-10,12-13H2. The van der Waals surface area contributed by atoms with Crippen LogP contribution in [0.25, 0.3) is 0 Å². The predicted octanol–water partition coefficient (Wildman–Crippen LogP) is 2.48. The van der Waals surface area contributed by atoms with Crippen LogP contribution in [0.1, 0.15) is 42.7 Å². The van der Waals surface area contributed by atoms with Crippen LogP contribution < -0.4 is 5.69 Å². The van der Waals surface area contributed by atoms with E-state index in [0.717, 1.165) is 67.2 Å². The zero-order chi connectivity index (χ0) is 17.9. The first-order chi connectivity index (χ1) is 12.7. The van der Waals surface area contributed by atoms with Crippen LogP contribution in [0.2, 0.25) is 0 Å². The third-order valence-corrected chi connectivity index (χ3v) is 6.14. The van der Waals surface area contributed by atoms with Gasteiger partial charge in [-0.25, -0.2) is 4.79 Å². The maximum atomic E-state index is 12.6. The van der Waals surface area contributed by atoms with Crippen molar-refractivity contribution in [2.75, 3.05) is 18.8 Å². The first-order valence-electron chi connectivity index (χ1n) is 9.28. The van der Waals surface area contributed by atoms with Crippen LogP contribution in [0.15, 0.2) is 32.6 Å². The minimum atomic E-state index is -0.255. The zero-order valence-corrected chi connectivity index (χ0v) is 15.6. The first kappa shape index (κ1) is 17.4. The number of likely N-dealkylation sites (tertiary alicyclic amines) is 1. The number of amides is 1. The van der Waals surface area contributed by atoms with E-state index in [-0.39, 0.29) is 11.6 Å². The second-order valence-corrected chi connectivity index (χ2v) is 7.84. The highest BCUT2D eigenvalue weighted by molar-refractivity contribution is 7.99. The number of aromatic nitrogens is 2. The molecule has 0 radical (unpaired) electrons. The van der Waals surface area contributed by atoms with Crippen LogP contribution >= 0.6 is 11.8 Å². The van der Waals surface area contributed by atoms with Gasteiger partial charge in [0.2, 0.25) is 5.91 Å². The van der Waals surface area contributed by atoms with Gasteiger partial charge in [-0.3, -0.25) is 9.36 Å². The minimum absolute atomic E-state index is 0.156. The zero-order valence-electron chi connectivity index (χ0n) is 14.8. The van der Waals surface area contributed by atoms with Gasteiger partial charge in [-0.2, -0.15) is 4.98 Å². The molecule has 1 aliphatic carbocycles. The molecule has 1 amide bonds.